The minimum absolute atomic E-state index is 0. The quantitative estimate of drug-likeness (QED) is 0.154. The minimum atomic E-state index is -0.461. The first kappa shape index (κ1) is 32.6. The van der Waals surface area contributed by atoms with Crippen LogP contribution in [0, 0.1) is 35.0 Å². The zero-order chi connectivity index (χ0) is 32.5. The Labute approximate surface area is 299 Å². The lowest BCUT2D eigenvalue weighted by molar-refractivity contribution is -0.966. The van der Waals surface area contributed by atoms with Crippen LogP contribution in [0.15, 0.2) is 91.6 Å². The van der Waals surface area contributed by atoms with E-state index in [1.807, 2.05) is 42.6 Å². The van der Waals surface area contributed by atoms with E-state index in [1.54, 1.807) is 0 Å². The number of carbonyl (C=O) groups is 2. The SMILES string of the molecule is C=C[C@H]1C[N@+]2(CC(=O)Nc3cccc4ccccc34)CC[C@H]1C[C@@H]2[C@@H](OC(=O)C12CC3CC(CC(C3)C1)C2)c1ccnc2ccccc12.[Br-]. The van der Waals surface area contributed by atoms with E-state index >= 15 is 0 Å². The Balaban J connectivity index is 0.00000348. The number of pyridine rings is 1. The second-order valence-electron chi connectivity index (χ2n) is 16.1. The number of quaternary nitrogens is 1. The minimum Gasteiger partial charge on any atom is -1.00 e. The number of nitrogens with zero attached hydrogens (tertiary/aromatic N) is 2. The molecule has 4 aromatic rings. The van der Waals surface area contributed by atoms with E-state index in [0.717, 1.165) is 78.1 Å². The average Bonchev–Trinajstić information content (AvgIpc) is 3.10. The topological polar surface area (TPSA) is 68.3 Å². The highest BCUT2D eigenvalue weighted by atomic mass is 79.9. The molecule has 4 heterocycles. The van der Waals surface area contributed by atoms with Gasteiger partial charge in [-0.3, -0.25) is 14.6 Å². The Hall–Kier alpha value is -3.55. The van der Waals surface area contributed by atoms with E-state index in [-0.39, 0.29) is 40.3 Å². The third-order valence-electron chi connectivity index (χ3n) is 13.2. The maximum Gasteiger partial charge on any atom is 0.312 e. The van der Waals surface area contributed by atoms with E-state index in [9.17, 15) is 9.59 Å². The van der Waals surface area contributed by atoms with Crippen LogP contribution >= 0.6 is 0 Å². The summed E-state index contributed by atoms with van der Waals surface area (Å²) in [7, 11) is 0. The number of para-hydroxylation sites is 1. The number of nitrogens with one attached hydrogen (secondary N) is 1. The molecule has 6 bridgehead atoms. The van der Waals surface area contributed by atoms with Crippen LogP contribution in [-0.2, 0) is 14.3 Å². The molecule has 1 amide bonds. The van der Waals surface area contributed by atoms with Gasteiger partial charge >= 0.3 is 5.97 Å². The summed E-state index contributed by atoms with van der Waals surface area (Å²) in [5.74, 6) is 2.77. The highest BCUT2D eigenvalue weighted by molar-refractivity contribution is 6.02. The molecule has 49 heavy (non-hydrogen) atoms. The van der Waals surface area contributed by atoms with Crippen LogP contribution in [0.3, 0.4) is 0 Å². The smallest absolute Gasteiger partial charge is 0.312 e. The van der Waals surface area contributed by atoms with Gasteiger partial charge in [-0.15, -0.1) is 6.58 Å². The number of hydrogen-bond donors (Lipinski definition) is 1. The lowest BCUT2D eigenvalue weighted by atomic mass is 9.49. The normalized spacial score (nSPS) is 33.1. The standard InChI is InChI=1S/C42H45N3O3.BrH/c1-2-30-25-45(26-39(46)44-37-13-7-9-31-8-3-4-10-33(31)37)17-15-32(30)21-38(45)40(35-14-16-43-36-12-6-5-11-34(35)36)48-41(47)42-22-27-18-28(23-42)20-29(19-27)24-42;/h2-14,16,27-30,32,38,40H,1,15,17-26H2;1H/t27?,28?,29?,30-,32-,38+,40-,42?,45-;/m0./s1. The first-order valence-corrected chi connectivity index (χ1v) is 18.2. The van der Waals surface area contributed by atoms with Crippen molar-refractivity contribution < 1.29 is 35.8 Å². The lowest BCUT2D eigenvalue weighted by Crippen LogP contribution is -3.00. The van der Waals surface area contributed by atoms with Gasteiger partial charge in [0.05, 0.1) is 24.0 Å². The second-order valence-corrected chi connectivity index (χ2v) is 16.1. The number of benzene rings is 3. The van der Waals surface area contributed by atoms with Crippen LogP contribution in [0.25, 0.3) is 21.7 Å². The molecule has 5 atom stereocenters. The summed E-state index contributed by atoms with van der Waals surface area (Å²) in [4.78, 5) is 33.6. The van der Waals surface area contributed by atoms with Gasteiger partial charge in [-0.05, 0) is 85.8 Å². The number of amides is 1. The monoisotopic (exact) mass is 719 g/mol. The Morgan fingerprint density at radius 3 is 2.37 bits per heavy atom. The second kappa shape index (κ2) is 12.6. The molecule has 7 aliphatic rings. The fraction of sp³-hybridized carbons (Fsp3) is 0.452. The number of fused-ring (bicyclic) bond motifs is 5. The zero-order valence-electron chi connectivity index (χ0n) is 28.1. The van der Waals surface area contributed by atoms with Crippen molar-refractivity contribution in [2.75, 3.05) is 25.0 Å². The largest absolute Gasteiger partial charge is 1.00 e. The highest BCUT2D eigenvalue weighted by Gasteiger charge is 2.59. The van der Waals surface area contributed by atoms with Crippen LogP contribution < -0.4 is 22.3 Å². The molecule has 4 saturated carbocycles. The number of aromatic nitrogens is 1. The molecule has 3 aliphatic heterocycles. The number of piperidine rings is 3. The molecule has 0 spiro atoms. The summed E-state index contributed by atoms with van der Waals surface area (Å²) in [6.07, 6.45) is 12.2. The molecule has 1 N–H and O–H groups in total. The van der Waals surface area contributed by atoms with Gasteiger partial charge in [0.15, 0.2) is 12.6 Å². The number of ether oxygens (including phenoxy) is 1. The van der Waals surface area contributed by atoms with Gasteiger partial charge in [0.2, 0.25) is 0 Å². The molecule has 254 valence electrons. The van der Waals surface area contributed by atoms with E-state index in [1.165, 1.54) is 19.3 Å². The van der Waals surface area contributed by atoms with Crippen molar-refractivity contribution >= 4 is 39.2 Å². The Bertz CT molecular complexity index is 1880. The molecule has 6 nitrogen and oxygen atoms in total. The zero-order valence-corrected chi connectivity index (χ0v) is 29.7. The molecule has 1 aromatic heterocycles. The predicted molar refractivity (Wildman–Crippen MR) is 189 cm³/mol. The van der Waals surface area contributed by atoms with E-state index in [4.69, 9.17) is 9.72 Å². The summed E-state index contributed by atoms with van der Waals surface area (Å²) in [6.45, 7) is 6.28. The summed E-state index contributed by atoms with van der Waals surface area (Å²) in [5.41, 5.74) is 2.41. The molecule has 11 rings (SSSR count). The fourth-order valence-electron chi connectivity index (χ4n) is 11.5. The van der Waals surface area contributed by atoms with Crippen molar-refractivity contribution in [1.82, 2.24) is 4.98 Å². The molecule has 4 aliphatic carbocycles. The first-order chi connectivity index (χ1) is 23.4. The van der Waals surface area contributed by atoms with Crippen LogP contribution in [-0.4, -0.2) is 47.0 Å². The first-order valence-electron chi connectivity index (χ1n) is 18.2. The van der Waals surface area contributed by atoms with Crippen molar-refractivity contribution in [2.45, 2.75) is 63.5 Å². The number of anilines is 1. The van der Waals surface area contributed by atoms with Gasteiger partial charge in [-0.2, -0.15) is 0 Å². The van der Waals surface area contributed by atoms with Crippen molar-refractivity contribution in [2.24, 2.45) is 35.0 Å². The number of rotatable bonds is 8. The number of hydrogen-bond acceptors (Lipinski definition) is 4. The van der Waals surface area contributed by atoms with E-state index in [2.05, 4.69) is 54.4 Å². The fourth-order valence-corrected chi connectivity index (χ4v) is 11.5. The Kier molecular flexibility index (Phi) is 8.43. The van der Waals surface area contributed by atoms with Crippen molar-refractivity contribution in [3.63, 3.8) is 0 Å². The van der Waals surface area contributed by atoms with Gasteiger partial charge in [0, 0.05) is 47.0 Å². The summed E-state index contributed by atoms with van der Waals surface area (Å²) >= 11 is 0. The number of esters is 1. The van der Waals surface area contributed by atoms with E-state index < -0.39 is 6.10 Å². The number of halogens is 1. The van der Waals surface area contributed by atoms with Gasteiger partial charge in [0.1, 0.15) is 6.04 Å². The van der Waals surface area contributed by atoms with Gasteiger partial charge in [-0.1, -0.05) is 60.7 Å². The maximum atomic E-state index is 14.7. The molecular weight excluding hydrogens is 674 g/mol. The third kappa shape index (κ3) is 5.61. The highest BCUT2D eigenvalue weighted by Crippen LogP contribution is 2.61. The van der Waals surface area contributed by atoms with Crippen LogP contribution in [0.4, 0.5) is 5.69 Å². The van der Waals surface area contributed by atoms with Gasteiger partial charge in [0.25, 0.3) is 5.91 Å². The summed E-state index contributed by atoms with van der Waals surface area (Å²) in [5, 5.41) is 6.48. The summed E-state index contributed by atoms with van der Waals surface area (Å²) < 4.78 is 7.63. The predicted octanol–water partition coefficient (Wildman–Crippen LogP) is 5.24. The van der Waals surface area contributed by atoms with Crippen molar-refractivity contribution in [3.05, 3.63) is 97.2 Å². The number of carbonyl (C=O) groups excluding carboxylic acids is 2. The van der Waals surface area contributed by atoms with Gasteiger partial charge < -0.3 is 31.5 Å². The van der Waals surface area contributed by atoms with Crippen LogP contribution in [0.1, 0.15) is 63.0 Å². The average molecular weight is 721 g/mol. The molecule has 7 heteroatoms. The third-order valence-corrected chi connectivity index (χ3v) is 13.2. The Morgan fingerprint density at radius 2 is 1.61 bits per heavy atom. The molecule has 3 aromatic carbocycles. The lowest BCUT2D eigenvalue weighted by Gasteiger charge is -2.58. The molecule has 0 radical (unpaired) electrons. The van der Waals surface area contributed by atoms with Crippen LogP contribution in [0.5, 0.6) is 0 Å². The molecule has 7 fully saturated rings. The molecule has 3 saturated heterocycles. The van der Waals surface area contributed by atoms with Crippen molar-refractivity contribution in [1.29, 1.82) is 0 Å². The molecule has 0 unspecified atom stereocenters. The Morgan fingerprint density at radius 1 is 0.918 bits per heavy atom. The summed E-state index contributed by atoms with van der Waals surface area (Å²) in [6, 6.07) is 24.5. The van der Waals surface area contributed by atoms with E-state index in [0.29, 0.717) is 40.6 Å². The van der Waals surface area contributed by atoms with Gasteiger partial charge in [-0.25, -0.2) is 0 Å². The van der Waals surface area contributed by atoms with Crippen molar-refractivity contribution in [3.8, 4) is 0 Å². The maximum absolute atomic E-state index is 14.7. The molecular formula is C42H46BrN3O3. The van der Waals surface area contributed by atoms with Crippen LogP contribution in [0.2, 0.25) is 0 Å².